The van der Waals surface area contributed by atoms with Gasteiger partial charge in [-0.1, -0.05) is 22.0 Å². The Morgan fingerprint density at radius 1 is 1.08 bits per heavy atom. The second kappa shape index (κ2) is 6.80. The lowest BCUT2D eigenvalue weighted by Gasteiger charge is -2.26. The number of halogens is 1. The molecule has 0 spiro atoms. The molecule has 4 rings (SSSR count). The highest BCUT2D eigenvalue weighted by Gasteiger charge is 2.22. The number of carbonyl (C=O) groups excluding carboxylic acids is 1. The summed E-state index contributed by atoms with van der Waals surface area (Å²) in [4.78, 5) is 12.3. The fraction of sp³-hybridized carbons (Fsp3) is 0.211. The van der Waals surface area contributed by atoms with Crippen LogP contribution in [0.2, 0.25) is 0 Å². The molecule has 25 heavy (non-hydrogen) atoms. The van der Waals surface area contributed by atoms with Gasteiger partial charge in [0.05, 0.1) is 12.6 Å². The largest absolute Gasteiger partial charge is 0.493 e. The maximum absolute atomic E-state index is 12.3. The minimum atomic E-state index is -0.143. The minimum absolute atomic E-state index is 0.0600. The summed E-state index contributed by atoms with van der Waals surface area (Å²) in [6.07, 6.45) is 4.04. The van der Waals surface area contributed by atoms with E-state index in [0.29, 0.717) is 12.4 Å². The van der Waals surface area contributed by atoms with Crippen LogP contribution in [0.3, 0.4) is 0 Å². The Morgan fingerprint density at radius 3 is 2.84 bits per heavy atom. The van der Waals surface area contributed by atoms with Crippen LogP contribution in [0.4, 0.5) is 0 Å². The van der Waals surface area contributed by atoms with Crippen LogP contribution in [-0.4, -0.2) is 19.3 Å². The number of hydrogen-bond donors (Lipinski definition) is 1. The highest BCUT2D eigenvalue weighted by molar-refractivity contribution is 9.10. The smallest absolute Gasteiger partial charge is 0.244 e. The highest BCUT2D eigenvalue weighted by Crippen LogP contribution is 2.34. The Hall–Kier alpha value is -2.47. The summed E-state index contributed by atoms with van der Waals surface area (Å²) in [7, 11) is 0. The Labute approximate surface area is 153 Å². The van der Waals surface area contributed by atoms with Gasteiger partial charge in [0.15, 0.2) is 11.5 Å². The Balaban J connectivity index is 1.45. The van der Waals surface area contributed by atoms with Gasteiger partial charge in [0.1, 0.15) is 5.75 Å². The molecule has 5 nitrogen and oxygen atoms in total. The van der Waals surface area contributed by atoms with Gasteiger partial charge in [-0.05, 0) is 42.0 Å². The van der Waals surface area contributed by atoms with Gasteiger partial charge in [-0.25, -0.2) is 0 Å². The van der Waals surface area contributed by atoms with Crippen molar-refractivity contribution in [1.29, 1.82) is 0 Å². The first-order valence-electron chi connectivity index (χ1n) is 7.99. The molecule has 128 valence electrons. The number of fused-ring (bicyclic) bond motifs is 2. The number of rotatable bonds is 3. The standard InChI is InChI=1S/C19H16BrNO4/c20-13-3-5-16-14(10-13)15(7-8-23-16)21-19(22)6-2-12-1-4-17-18(9-12)25-11-24-17/h1-6,9-10,15H,7-8,11H2,(H,21,22)/b6-2+. The average molecular weight is 402 g/mol. The van der Waals surface area contributed by atoms with E-state index in [2.05, 4.69) is 21.2 Å². The van der Waals surface area contributed by atoms with Crippen LogP contribution in [0.15, 0.2) is 46.9 Å². The van der Waals surface area contributed by atoms with Gasteiger partial charge in [-0.2, -0.15) is 0 Å². The van der Waals surface area contributed by atoms with Crippen molar-refractivity contribution in [3.63, 3.8) is 0 Å². The maximum Gasteiger partial charge on any atom is 0.244 e. The molecule has 2 heterocycles. The molecule has 0 bridgehead atoms. The summed E-state index contributed by atoms with van der Waals surface area (Å²) < 4.78 is 17.2. The number of ether oxygens (including phenoxy) is 3. The SMILES string of the molecule is O=C(/C=C/c1ccc2c(c1)OCO2)NC1CCOc2ccc(Br)cc21. The number of carbonyl (C=O) groups is 1. The number of nitrogens with one attached hydrogen (secondary N) is 1. The molecule has 1 N–H and O–H groups in total. The molecule has 2 aromatic carbocycles. The summed E-state index contributed by atoms with van der Waals surface area (Å²) >= 11 is 3.47. The van der Waals surface area contributed by atoms with Gasteiger partial charge in [0, 0.05) is 22.5 Å². The first-order chi connectivity index (χ1) is 12.2. The molecule has 0 radical (unpaired) electrons. The second-order valence-electron chi connectivity index (χ2n) is 5.83. The van der Waals surface area contributed by atoms with Gasteiger partial charge in [0.2, 0.25) is 12.7 Å². The molecule has 1 unspecified atom stereocenters. The molecule has 2 aliphatic heterocycles. The lowest BCUT2D eigenvalue weighted by atomic mass is 10.0. The minimum Gasteiger partial charge on any atom is -0.493 e. The van der Waals surface area contributed by atoms with E-state index in [9.17, 15) is 4.79 Å². The molecule has 2 aromatic rings. The predicted molar refractivity (Wildman–Crippen MR) is 96.7 cm³/mol. The van der Waals surface area contributed by atoms with Gasteiger partial charge >= 0.3 is 0 Å². The van der Waals surface area contributed by atoms with E-state index in [1.807, 2.05) is 36.4 Å². The molecule has 1 amide bonds. The Bertz CT molecular complexity index is 849. The average Bonchev–Trinajstić information content (AvgIpc) is 3.08. The van der Waals surface area contributed by atoms with Gasteiger partial charge < -0.3 is 19.5 Å². The summed E-state index contributed by atoms with van der Waals surface area (Å²) in [6, 6.07) is 11.4. The van der Waals surface area contributed by atoms with E-state index in [0.717, 1.165) is 33.5 Å². The quantitative estimate of drug-likeness (QED) is 0.793. The summed E-state index contributed by atoms with van der Waals surface area (Å²) in [5.41, 5.74) is 1.87. The zero-order valence-electron chi connectivity index (χ0n) is 13.3. The molecule has 0 aliphatic carbocycles. The molecule has 1 atom stereocenters. The third kappa shape index (κ3) is 3.49. The fourth-order valence-corrected chi connectivity index (χ4v) is 3.30. The van der Waals surface area contributed by atoms with Crippen molar-refractivity contribution in [2.75, 3.05) is 13.4 Å². The molecule has 0 fully saturated rings. The lowest BCUT2D eigenvalue weighted by molar-refractivity contribution is -0.117. The van der Waals surface area contributed by atoms with Crippen molar-refractivity contribution in [2.24, 2.45) is 0 Å². The number of amides is 1. The lowest BCUT2D eigenvalue weighted by Crippen LogP contribution is -2.31. The van der Waals surface area contributed by atoms with E-state index < -0.39 is 0 Å². The first-order valence-corrected chi connectivity index (χ1v) is 8.79. The van der Waals surface area contributed by atoms with Crippen LogP contribution in [0.25, 0.3) is 6.08 Å². The van der Waals surface area contributed by atoms with E-state index >= 15 is 0 Å². The molecule has 0 aromatic heterocycles. The number of benzene rings is 2. The highest BCUT2D eigenvalue weighted by atomic mass is 79.9. The van der Waals surface area contributed by atoms with Crippen molar-refractivity contribution >= 4 is 27.9 Å². The van der Waals surface area contributed by atoms with Crippen LogP contribution in [0.1, 0.15) is 23.6 Å². The molecule has 2 aliphatic rings. The van der Waals surface area contributed by atoms with E-state index in [1.165, 1.54) is 6.08 Å². The van der Waals surface area contributed by atoms with Crippen molar-refractivity contribution in [3.8, 4) is 17.2 Å². The maximum atomic E-state index is 12.3. The third-order valence-electron chi connectivity index (χ3n) is 4.15. The van der Waals surface area contributed by atoms with Crippen LogP contribution in [-0.2, 0) is 4.79 Å². The molecule has 0 saturated heterocycles. The van der Waals surface area contributed by atoms with Crippen molar-refractivity contribution in [1.82, 2.24) is 5.32 Å². The van der Waals surface area contributed by atoms with Crippen LogP contribution >= 0.6 is 15.9 Å². The van der Waals surface area contributed by atoms with Gasteiger partial charge in [-0.15, -0.1) is 0 Å². The van der Waals surface area contributed by atoms with Crippen molar-refractivity contribution < 1.29 is 19.0 Å². The monoisotopic (exact) mass is 401 g/mol. The second-order valence-corrected chi connectivity index (χ2v) is 6.74. The molecule has 0 saturated carbocycles. The zero-order chi connectivity index (χ0) is 17.2. The van der Waals surface area contributed by atoms with Crippen LogP contribution in [0.5, 0.6) is 17.2 Å². The summed E-state index contributed by atoms with van der Waals surface area (Å²) in [6.45, 7) is 0.827. The van der Waals surface area contributed by atoms with E-state index in [1.54, 1.807) is 6.08 Å². The Kier molecular flexibility index (Phi) is 4.36. The summed E-state index contributed by atoms with van der Waals surface area (Å²) in [5, 5.41) is 3.04. The van der Waals surface area contributed by atoms with Crippen LogP contribution in [0, 0.1) is 0 Å². The molecular weight excluding hydrogens is 386 g/mol. The topological polar surface area (TPSA) is 56.8 Å². The first kappa shape index (κ1) is 16.0. The van der Waals surface area contributed by atoms with E-state index in [4.69, 9.17) is 14.2 Å². The van der Waals surface area contributed by atoms with Crippen molar-refractivity contribution in [3.05, 3.63) is 58.1 Å². The predicted octanol–water partition coefficient (Wildman–Crippen LogP) is 3.83. The molecular formula is C19H16BrNO4. The normalized spacial score (nSPS) is 17.9. The van der Waals surface area contributed by atoms with Crippen LogP contribution < -0.4 is 19.5 Å². The van der Waals surface area contributed by atoms with Gasteiger partial charge in [-0.3, -0.25) is 4.79 Å². The fourth-order valence-electron chi connectivity index (χ4n) is 2.92. The van der Waals surface area contributed by atoms with Gasteiger partial charge in [0.25, 0.3) is 0 Å². The number of hydrogen-bond acceptors (Lipinski definition) is 4. The van der Waals surface area contributed by atoms with E-state index in [-0.39, 0.29) is 18.7 Å². The molecule has 6 heteroatoms. The summed E-state index contributed by atoms with van der Waals surface area (Å²) in [5.74, 6) is 2.10. The Morgan fingerprint density at radius 2 is 1.92 bits per heavy atom. The third-order valence-corrected chi connectivity index (χ3v) is 4.64. The zero-order valence-corrected chi connectivity index (χ0v) is 14.9. The van der Waals surface area contributed by atoms with Crippen molar-refractivity contribution in [2.45, 2.75) is 12.5 Å².